The Morgan fingerprint density at radius 3 is 2.95 bits per heavy atom. The summed E-state index contributed by atoms with van der Waals surface area (Å²) in [6.07, 6.45) is 3.57. The van der Waals surface area contributed by atoms with Crippen molar-refractivity contribution >= 4 is 15.7 Å². The van der Waals surface area contributed by atoms with E-state index in [2.05, 4.69) is 4.98 Å². The van der Waals surface area contributed by atoms with Crippen LogP contribution in [0.4, 0.5) is 5.69 Å². The first kappa shape index (κ1) is 13.1. The van der Waals surface area contributed by atoms with Gasteiger partial charge in [-0.3, -0.25) is 0 Å². The van der Waals surface area contributed by atoms with E-state index in [0.29, 0.717) is 30.9 Å². The van der Waals surface area contributed by atoms with Gasteiger partial charge < -0.3 is 10.3 Å². The number of hydrogen-bond donors (Lipinski definition) is 1. The molecule has 0 amide bonds. The zero-order chi connectivity index (χ0) is 14.2. The number of aromatic nitrogens is 2. The van der Waals surface area contributed by atoms with Gasteiger partial charge in [0, 0.05) is 31.2 Å². The van der Waals surface area contributed by atoms with Gasteiger partial charge in [0.05, 0.1) is 12.3 Å². The van der Waals surface area contributed by atoms with Gasteiger partial charge in [-0.1, -0.05) is 12.1 Å². The molecule has 1 aromatic heterocycles. The fourth-order valence-electron chi connectivity index (χ4n) is 2.37. The van der Waals surface area contributed by atoms with Gasteiger partial charge in [0.25, 0.3) is 0 Å². The minimum Gasteiger partial charge on any atom is -0.399 e. The van der Waals surface area contributed by atoms with Crippen molar-refractivity contribution in [1.29, 1.82) is 0 Å². The Morgan fingerprint density at radius 1 is 1.30 bits per heavy atom. The van der Waals surface area contributed by atoms with Crippen molar-refractivity contribution in [3.63, 3.8) is 0 Å². The Kier molecular flexibility index (Phi) is 3.23. The monoisotopic (exact) mass is 292 g/mol. The van der Waals surface area contributed by atoms with Gasteiger partial charge in [-0.2, -0.15) is 4.31 Å². The molecule has 7 heteroatoms. The van der Waals surface area contributed by atoms with Gasteiger partial charge in [0.1, 0.15) is 5.82 Å². The lowest BCUT2D eigenvalue weighted by Crippen LogP contribution is -2.38. The summed E-state index contributed by atoms with van der Waals surface area (Å²) >= 11 is 0. The summed E-state index contributed by atoms with van der Waals surface area (Å²) in [6, 6.07) is 6.98. The van der Waals surface area contributed by atoms with E-state index in [9.17, 15) is 8.42 Å². The Bertz CT molecular complexity index is 723. The van der Waals surface area contributed by atoms with Crippen LogP contribution in [-0.4, -0.2) is 28.8 Å². The lowest BCUT2D eigenvalue weighted by molar-refractivity contribution is 0.335. The summed E-state index contributed by atoms with van der Waals surface area (Å²) in [5, 5.41) is 0. The van der Waals surface area contributed by atoms with E-state index >= 15 is 0 Å². The molecule has 2 heterocycles. The molecule has 0 unspecified atom stereocenters. The van der Waals surface area contributed by atoms with Crippen LogP contribution < -0.4 is 5.73 Å². The average Bonchev–Trinajstić information content (AvgIpc) is 2.85. The quantitative estimate of drug-likeness (QED) is 0.849. The second-order valence-corrected chi connectivity index (χ2v) is 6.84. The van der Waals surface area contributed by atoms with E-state index in [1.54, 1.807) is 30.5 Å². The van der Waals surface area contributed by atoms with Crippen LogP contribution in [0.2, 0.25) is 0 Å². The van der Waals surface area contributed by atoms with Crippen LogP contribution in [0.15, 0.2) is 36.7 Å². The molecule has 0 atom stereocenters. The smallest absolute Gasteiger partial charge is 0.218 e. The predicted octanol–water partition coefficient (Wildman–Crippen LogP) is 0.811. The van der Waals surface area contributed by atoms with Crippen molar-refractivity contribution < 1.29 is 8.42 Å². The highest BCUT2D eigenvalue weighted by Gasteiger charge is 2.27. The maximum absolute atomic E-state index is 12.4. The maximum atomic E-state index is 12.4. The number of imidazole rings is 1. The number of sulfonamides is 1. The summed E-state index contributed by atoms with van der Waals surface area (Å²) < 4.78 is 28.4. The molecule has 0 fully saturated rings. The van der Waals surface area contributed by atoms with Crippen LogP contribution in [0.5, 0.6) is 0 Å². The molecule has 2 aromatic rings. The Balaban J connectivity index is 1.79. The van der Waals surface area contributed by atoms with Crippen LogP contribution in [0, 0.1) is 0 Å². The van der Waals surface area contributed by atoms with Gasteiger partial charge in [-0.15, -0.1) is 0 Å². The number of nitrogens with two attached hydrogens (primary N) is 1. The van der Waals surface area contributed by atoms with E-state index in [-0.39, 0.29) is 5.75 Å². The van der Waals surface area contributed by atoms with Crippen molar-refractivity contribution in [2.75, 3.05) is 12.3 Å². The summed E-state index contributed by atoms with van der Waals surface area (Å²) in [7, 11) is -3.35. The summed E-state index contributed by atoms with van der Waals surface area (Å²) in [5.41, 5.74) is 6.97. The minimum absolute atomic E-state index is 0.0290. The number of anilines is 1. The molecule has 0 aliphatic carbocycles. The molecule has 6 nitrogen and oxygen atoms in total. The third kappa shape index (κ3) is 2.54. The standard InChI is InChI=1S/C13H16N4O2S/c14-12-3-1-2-11(8-12)10-20(18,19)17-7-6-16-5-4-15-13(16)9-17/h1-5,8H,6-7,9-10,14H2. The largest absolute Gasteiger partial charge is 0.399 e. The zero-order valence-electron chi connectivity index (χ0n) is 10.9. The van der Waals surface area contributed by atoms with Crippen LogP contribution in [0.3, 0.4) is 0 Å². The van der Waals surface area contributed by atoms with Gasteiger partial charge in [-0.25, -0.2) is 13.4 Å². The van der Waals surface area contributed by atoms with Gasteiger partial charge in [0.15, 0.2) is 0 Å². The van der Waals surface area contributed by atoms with Crippen molar-refractivity contribution in [2.24, 2.45) is 0 Å². The highest BCUT2D eigenvalue weighted by Crippen LogP contribution is 2.18. The Hall–Kier alpha value is -1.86. The first-order valence-electron chi connectivity index (χ1n) is 6.37. The van der Waals surface area contributed by atoms with E-state index in [1.165, 1.54) is 4.31 Å². The number of nitrogen functional groups attached to an aromatic ring is 1. The third-order valence-electron chi connectivity index (χ3n) is 3.40. The summed E-state index contributed by atoms with van der Waals surface area (Å²) in [4.78, 5) is 4.18. The van der Waals surface area contributed by atoms with Crippen molar-refractivity contribution in [1.82, 2.24) is 13.9 Å². The molecule has 1 aromatic carbocycles. The van der Waals surface area contributed by atoms with Crippen LogP contribution in [-0.2, 0) is 28.9 Å². The SMILES string of the molecule is Nc1cccc(CS(=O)(=O)N2CCn3ccnc3C2)c1. The first-order valence-corrected chi connectivity index (χ1v) is 7.98. The van der Waals surface area contributed by atoms with Crippen molar-refractivity contribution in [2.45, 2.75) is 18.8 Å². The molecule has 0 spiro atoms. The van der Waals surface area contributed by atoms with Crippen molar-refractivity contribution in [3.05, 3.63) is 48.0 Å². The normalized spacial score (nSPS) is 16.0. The number of fused-ring (bicyclic) bond motifs is 1. The highest BCUT2D eigenvalue weighted by atomic mass is 32.2. The average molecular weight is 292 g/mol. The van der Waals surface area contributed by atoms with Gasteiger partial charge >= 0.3 is 0 Å². The van der Waals surface area contributed by atoms with Crippen LogP contribution >= 0.6 is 0 Å². The minimum atomic E-state index is -3.35. The third-order valence-corrected chi connectivity index (χ3v) is 5.20. The lowest BCUT2D eigenvalue weighted by atomic mass is 10.2. The van der Waals surface area contributed by atoms with E-state index in [1.807, 2.05) is 10.8 Å². The van der Waals surface area contributed by atoms with Gasteiger partial charge in [-0.05, 0) is 17.7 Å². The fourth-order valence-corrected chi connectivity index (χ4v) is 3.83. The van der Waals surface area contributed by atoms with Crippen molar-refractivity contribution in [3.8, 4) is 0 Å². The molecule has 0 radical (unpaired) electrons. The summed E-state index contributed by atoms with van der Waals surface area (Å²) in [5.74, 6) is 0.756. The molecule has 106 valence electrons. The highest BCUT2D eigenvalue weighted by molar-refractivity contribution is 7.88. The topological polar surface area (TPSA) is 81.2 Å². The van der Waals surface area contributed by atoms with E-state index in [4.69, 9.17) is 5.73 Å². The fraction of sp³-hybridized carbons (Fsp3) is 0.308. The second kappa shape index (κ2) is 4.92. The second-order valence-electron chi connectivity index (χ2n) is 4.87. The first-order chi connectivity index (χ1) is 9.54. The maximum Gasteiger partial charge on any atom is 0.218 e. The van der Waals surface area contributed by atoms with E-state index in [0.717, 1.165) is 5.82 Å². The molecule has 2 N–H and O–H groups in total. The molecule has 0 bridgehead atoms. The molecule has 3 rings (SSSR count). The Labute approximate surface area is 117 Å². The van der Waals surface area contributed by atoms with E-state index < -0.39 is 10.0 Å². The molecule has 1 aliphatic rings. The molecular weight excluding hydrogens is 276 g/mol. The molecule has 1 aliphatic heterocycles. The number of rotatable bonds is 3. The number of benzene rings is 1. The zero-order valence-corrected chi connectivity index (χ0v) is 11.8. The lowest BCUT2D eigenvalue weighted by Gasteiger charge is -2.27. The van der Waals surface area contributed by atoms with Crippen LogP contribution in [0.1, 0.15) is 11.4 Å². The van der Waals surface area contributed by atoms with Gasteiger partial charge in [0.2, 0.25) is 10.0 Å². The Morgan fingerprint density at radius 2 is 2.15 bits per heavy atom. The van der Waals surface area contributed by atoms with Crippen LogP contribution in [0.25, 0.3) is 0 Å². The molecule has 0 saturated carbocycles. The summed E-state index contributed by atoms with van der Waals surface area (Å²) in [6.45, 7) is 1.46. The molecule has 0 saturated heterocycles. The molecular formula is C13H16N4O2S. The molecule has 20 heavy (non-hydrogen) atoms. The number of nitrogens with zero attached hydrogens (tertiary/aromatic N) is 3. The number of hydrogen-bond acceptors (Lipinski definition) is 4. The predicted molar refractivity (Wildman–Crippen MR) is 76.1 cm³/mol.